The first-order valence-corrected chi connectivity index (χ1v) is 5.18. The van der Waals surface area contributed by atoms with Crippen molar-refractivity contribution in [3.63, 3.8) is 0 Å². The summed E-state index contributed by atoms with van der Waals surface area (Å²) in [6.45, 7) is 3.80. The van der Waals surface area contributed by atoms with E-state index in [4.69, 9.17) is 0 Å². The first-order chi connectivity index (χ1) is 6.25. The molecule has 0 saturated carbocycles. The molecular formula is C10H19N3. The molecule has 1 atom stereocenters. The molecule has 3 saturated heterocycles. The van der Waals surface area contributed by atoms with E-state index in [1.807, 2.05) is 25.3 Å². The van der Waals surface area contributed by atoms with Crippen LogP contribution in [0.2, 0.25) is 0 Å². The van der Waals surface area contributed by atoms with Crippen LogP contribution in [-0.2, 0) is 0 Å². The van der Waals surface area contributed by atoms with Crippen molar-refractivity contribution in [2.24, 2.45) is 10.9 Å². The minimum Gasteiger partial charge on any atom is -0.369 e. The van der Waals surface area contributed by atoms with Gasteiger partial charge in [0.25, 0.3) is 0 Å². The zero-order chi connectivity index (χ0) is 9.26. The Morgan fingerprint density at radius 1 is 1.31 bits per heavy atom. The molecule has 3 heteroatoms. The van der Waals surface area contributed by atoms with Crippen molar-refractivity contribution in [1.82, 2.24) is 9.80 Å². The second-order valence-electron chi connectivity index (χ2n) is 4.43. The maximum Gasteiger partial charge on any atom is 0.0848 e. The SMILES string of the molecule is CN(C)C=NC1CN2CCC1CC2. The van der Waals surface area contributed by atoms with Gasteiger partial charge in [0.2, 0.25) is 0 Å². The maximum atomic E-state index is 4.62. The van der Waals surface area contributed by atoms with E-state index in [0.29, 0.717) is 6.04 Å². The largest absolute Gasteiger partial charge is 0.369 e. The van der Waals surface area contributed by atoms with Gasteiger partial charge >= 0.3 is 0 Å². The fourth-order valence-electron chi connectivity index (χ4n) is 2.32. The van der Waals surface area contributed by atoms with Crippen molar-refractivity contribution in [2.75, 3.05) is 33.7 Å². The third-order valence-electron chi connectivity index (χ3n) is 3.11. The lowest BCUT2D eigenvalue weighted by molar-refractivity contribution is 0.0905. The second-order valence-corrected chi connectivity index (χ2v) is 4.43. The van der Waals surface area contributed by atoms with Gasteiger partial charge in [-0.3, -0.25) is 4.99 Å². The number of fused-ring (bicyclic) bond motifs is 3. The lowest BCUT2D eigenvalue weighted by Gasteiger charge is -2.43. The molecule has 3 fully saturated rings. The molecule has 0 radical (unpaired) electrons. The summed E-state index contributed by atoms with van der Waals surface area (Å²) in [6, 6.07) is 0.574. The zero-order valence-electron chi connectivity index (χ0n) is 8.61. The first-order valence-electron chi connectivity index (χ1n) is 5.18. The van der Waals surface area contributed by atoms with Crippen LogP contribution in [0.25, 0.3) is 0 Å². The Hall–Kier alpha value is -0.570. The number of aliphatic imine (C=N–C) groups is 1. The van der Waals surface area contributed by atoms with Gasteiger partial charge in [-0.05, 0) is 31.8 Å². The predicted molar refractivity (Wildman–Crippen MR) is 55.1 cm³/mol. The van der Waals surface area contributed by atoms with Crippen molar-refractivity contribution in [3.8, 4) is 0 Å². The van der Waals surface area contributed by atoms with Gasteiger partial charge in [-0.2, -0.15) is 0 Å². The van der Waals surface area contributed by atoms with Crippen molar-refractivity contribution in [3.05, 3.63) is 0 Å². The monoisotopic (exact) mass is 181 g/mol. The summed E-state index contributed by atoms with van der Waals surface area (Å²) < 4.78 is 0. The summed E-state index contributed by atoms with van der Waals surface area (Å²) in [5, 5.41) is 0. The van der Waals surface area contributed by atoms with Crippen LogP contribution in [0, 0.1) is 5.92 Å². The normalized spacial score (nSPS) is 38.5. The van der Waals surface area contributed by atoms with E-state index in [9.17, 15) is 0 Å². The highest BCUT2D eigenvalue weighted by Crippen LogP contribution is 2.29. The molecule has 2 bridgehead atoms. The smallest absolute Gasteiger partial charge is 0.0848 e. The van der Waals surface area contributed by atoms with Crippen LogP contribution in [0.5, 0.6) is 0 Å². The number of hydrogen-bond donors (Lipinski definition) is 0. The van der Waals surface area contributed by atoms with Gasteiger partial charge in [0, 0.05) is 20.6 Å². The van der Waals surface area contributed by atoms with Crippen LogP contribution in [0.15, 0.2) is 4.99 Å². The van der Waals surface area contributed by atoms with Gasteiger partial charge in [0.15, 0.2) is 0 Å². The van der Waals surface area contributed by atoms with Crippen LogP contribution in [0.4, 0.5) is 0 Å². The number of hydrogen-bond acceptors (Lipinski definition) is 2. The Balaban J connectivity index is 1.93. The first kappa shape index (κ1) is 9.00. The van der Waals surface area contributed by atoms with E-state index < -0.39 is 0 Å². The van der Waals surface area contributed by atoms with Crippen molar-refractivity contribution >= 4 is 6.34 Å². The van der Waals surface area contributed by atoms with Gasteiger partial charge in [0.05, 0.1) is 12.4 Å². The molecule has 0 aromatic rings. The standard InChI is InChI=1S/C10H19N3/c1-12(2)8-11-10-7-13-5-3-9(10)4-6-13/h8-10H,3-7H2,1-2H3. The molecule has 0 N–H and O–H groups in total. The molecule has 0 aromatic heterocycles. The molecule has 3 nitrogen and oxygen atoms in total. The molecule has 13 heavy (non-hydrogen) atoms. The van der Waals surface area contributed by atoms with Crippen LogP contribution in [-0.4, -0.2) is 55.9 Å². The molecule has 3 aliphatic heterocycles. The van der Waals surface area contributed by atoms with Crippen LogP contribution < -0.4 is 0 Å². The van der Waals surface area contributed by atoms with Gasteiger partial charge in [0.1, 0.15) is 0 Å². The molecule has 0 spiro atoms. The van der Waals surface area contributed by atoms with Crippen molar-refractivity contribution in [2.45, 2.75) is 18.9 Å². The topological polar surface area (TPSA) is 18.8 Å². The summed E-state index contributed by atoms with van der Waals surface area (Å²) in [4.78, 5) is 9.19. The molecule has 3 heterocycles. The van der Waals surface area contributed by atoms with E-state index in [-0.39, 0.29) is 0 Å². The van der Waals surface area contributed by atoms with E-state index in [1.165, 1.54) is 32.5 Å². The van der Waals surface area contributed by atoms with Gasteiger partial charge in [-0.25, -0.2) is 0 Å². The third-order valence-corrected chi connectivity index (χ3v) is 3.11. The van der Waals surface area contributed by atoms with Crippen molar-refractivity contribution in [1.29, 1.82) is 0 Å². The van der Waals surface area contributed by atoms with Gasteiger partial charge in [-0.15, -0.1) is 0 Å². The molecule has 0 aromatic carbocycles. The summed E-state index contributed by atoms with van der Waals surface area (Å²) >= 11 is 0. The fourth-order valence-corrected chi connectivity index (χ4v) is 2.32. The average molecular weight is 181 g/mol. The van der Waals surface area contributed by atoms with Crippen LogP contribution in [0.1, 0.15) is 12.8 Å². The van der Waals surface area contributed by atoms with Crippen LogP contribution in [0.3, 0.4) is 0 Å². The third kappa shape index (κ3) is 2.02. The number of piperidine rings is 3. The average Bonchev–Trinajstić information content (AvgIpc) is 2.17. The number of nitrogens with zero attached hydrogens (tertiary/aromatic N) is 3. The quantitative estimate of drug-likeness (QED) is 0.460. The Kier molecular flexibility index (Phi) is 2.54. The second kappa shape index (κ2) is 3.66. The Morgan fingerprint density at radius 2 is 2.00 bits per heavy atom. The van der Waals surface area contributed by atoms with E-state index >= 15 is 0 Å². The minimum absolute atomic E-state index is 0.574. The highest BCUT2D eigenvalue weighted by atomic mass is 15.2. The Bertz CT molecular complexity index is 192. The van der Waals surface area contributed by atoms with E-state index in [1.54, 1.807) is 0 Å². The summed E-state index contributed by atoms with van der Waals surface area (Å²) in [5.74, 6) is 0.862. The lowest BCUT2D eigenvalue weighted by atomic mass is 9.84. The zero-order valence-corrected chi connectivity index (χ0v) is 8.61. The fraction of sp³-hybridized carbons (Fsp3) is 0.900. The minimum atomic E-state index is 0.574. The Morgan fingerprint density at radius 3 is 2.46 bits per heavy atom. The highest BCUT2D eigenvalue weighted by Gasteiger charge is 2.33. The highest BCUT2D eigenvalue weighted by molar-refractivity contribution is 5.54. The molecule has 0 aliphatic carbocycles. The van der Waals surface area contributed by atoms with Gasteiger partial charge < -0.3 is 9.80 Å². The summed E-state index contributed by atoms with van der Waals surface area (Å²) in [5.41, 5.74) is 0. The predicted octanol–water partition coefficient (Wildman–Crippen LogP) is 0.670. The summed E-state index contributed by atoms with van der Waals surface area (Å²) in [6.07, 6.45) is 4.68. The molecule has 0 amide bonds. The molecule has 3 aliphatic rings. The molecule has 74 valence electrons. The molecule has 3 rings (SSSR count). The number of rotatable bonds is 2. The van der Waals surface area contributed by atoms with Gasteiger partial charge in [-0.1, -0.05) is 0 Å². The van der Waals surface area contributed by atoms with Crippen LogP contribution >= 0.6 is 0 Å². The summed E-state index contributed by atoms with van der Waals surface area (Å²) in [7, 11) is 4.07. The Labute approximate surface area is 80.4 Å². The van der Waals surface area contributed by atoms with E-state index in [2.05, 4.69) is 9.89 Å². The lowest BCUT2D eigenvalue weighted by Crippen LogP contribution is -2.49. The molecule has 1 unspecified atom stereocenters. The maximum absolute atomic E-state index is 4.62. The van der Waals surface area contributed by atoms with Crippen molar-refractivity contribution < 1.29 is 0 Å². The van der Waals surface area contributed by atoms with E-state index in [0.717, 1.165) is 5.92 Å². The molecular weight excluding hydrogens is 162 g/mol.